The summed E-state index contributed by atoms with van der Waals surface area (Å²) in [6.07, 6.45) is 0. The molecule has 0 fully saturated rings. The summed E-state index contributed by atoms with van der Waals surface area (Å²) in [5.41, 5.74) is 0.273. The maximum Gasteiger partial charge on any atom is 0.317 e. The van der Waals surface area contributed by atoms with Gasteiger partial charge >= 0.3 is 11.1 Å². The molecule has 0 unspecified atom stereocenters. The molecule has 0 radical (unpaired) electrons. The summed E-state index contributed by atoms with van der Waals surface area (Å²) >= 11 is 0. The van der Waals surface area contributed by atoms with Crippen molar-refractivity contribution in [3.63, 3.8) is 0 Å². The fourth-order valence-electron chi connectivity index (χ4n) is 3.19. The molecule has 3 rings (SSSR count). The van der Waals surface area contributed by atoms with Crippen molar-refractivity contribution in [2.45, 2.75) is 24.9 Å². The summed E-state index contributed by atoms with van der Waals surface area (Å²) in [4.78, 5) is 25.5. The monoisotopic (exact) mass is 417 g/mol. The van der Waals surface area contributed by atoms with E-state index in [9.17, 15) is 18.0 Å². The molecule has 8 nitrogen and oxygen atoms in total. The van der Waals surface area contributed by atoms with Crippen LogP contribution in [0.15, 0.2) is 56.9 Å². The number of benzene rings is 2. The van der Waals surface area contributed by atoms with E-state index in [1.165, 1.54) is 35.4 Å². The average molecular weight is 417 g/mol. The number of fused-ring (bicyclic) bond motifs is 1. The van der Waals surface area contributed by atoms with E-state index >= 15 is 0 Å². The van der Waals surface area contributed by atoms with Gasteiger partial charge in [0.25, 0.3) is 0 Å². The number of rotatable bonds is 6. The van der Waals surface area contributed by atoms with Crippen LogP contribution in [0.2, 0.25) is 0 Å². The first-order valence-corrected chi connectivity index (χ1v) is 10.5. The van der Waals surface area contributed by atoms with E-state index < -0.39 is 21.1 Å². The molecule has 1 heterocycles. The van der Waals surface area contributed by atoms with Crippen molar-refractivity contribution in [2.24, 2.45) is 0 Å². The second-order valence-corrected chi connectivity index (χ2v) is 8.88. The number of methoxy groups -OCH3 is 1. The Kier molecular flexibility index (Phi) is 5.63. The highest BCUT2D eigenvalue weighted by Gasteiger charge is 2.20. The number of aromatic nitrogens is 2. The van der Waals surface area contributed by atoms with Crippen LogP contribution in [0.4, 0.5) is 0 Å². The number of nitrogens with zero attached hydrogens (tertiary/aromatic N) is 3. The van der Waals surface area contributed by atoms with Gasteiger partial charge in [0.15, 0.2) is 0 Å². The van der Waals surface area contributed by atoms with E-state index in [0.717, 1.165) is 9.87 Å². The Labute approximate surface area is 168 Å². The van der Waals surface area contributed by atoms with E-state index in [4.69, 9.17) is 4.74 Å². The number of hydrogen-bond donors (Lipinski definition) is 0. The van der Waals surface area contributed by atoms with Gasteiger partial charge in [-0.1, -0.05) is 12.1 Å². The third-order valence-corrected chi connectivity index (χ3v) is 6.58. The van der Waals surface area contributed by atoms with Crippen molar-refractivity contribution < 1.29 is 13.2 Å². The molecule has 0 bridgehead atoms. The van der Waals surface area contributed by atoms with E-state index in [1.54, 1.807) is 38.3 Å². The quantitative estimate of drug-likeness (QED) is 0.567. The molecule has 0 N–H and O–H groups in total. The van der Waals surface area contributed by atoms with Crippen LogP contribution in [0, 0.1) is 0 Å². The lowest BCUT2D eigenvalue weighted by molar-refractivity contribution is 0.414. The smallest absolute Gasteiger partial charge is 0.317 e. The summed E-state index contributed by atoms with van der Waals surface area (Å²) < 4.78 is 34.2. The SMILES string of the molecule is CCn1c(=O)c(=O)n(Cc2cccc(OC)c2)c2cc(S(=O)(=O)N(C)C)ccc21. The van der Waals surface area contributed by atoms with Gasteiger partial charge in [0, 0.05) is 20.6 Å². The van der Waals surface area contributed by atoms with Crippen molar-refractivity contribution in [2.75, 3.05) is 21.2 Å². The zero-order valence-electron chi connectivity index (χ0n) is 16.7. The van der Waals surface area contributed by atoms with Gasteiger partial charge < -0.3 is 9.30 Å². The van der Waals surface area contributed by atoms with Crippen LogP contribution in [0.25, 0.3) is 11.0 Å². The van der Waals surface area contributed by atoms with Crippen LogP contribution in [-0.4, -0.2) is 43.1 Å². The van der Waals surface area contributed by atoms with Crippen molar-refractivity contribution >= 4 is 21.1 Å². The van der Waals surface area contributed by atoms with Crippen molar-refractivity contribution in [3.05, 3.63) is 68.7 Å². The minimum atomic E-state index is -3.70. The molecule has 9 heteroatoms. The Balaban J connectivity index is 2.33. The van der Waals surface area contributed by atoms with Gasteiger partial charge in [-0.25, -0.2) is 12.7 Å². The van der Waals surface area contributed by atoms with Crippen LogP contribution >= 0.6 is 0 Å². The average Bonchev–Trinajstić information content (AvgIpc) is 2.71. The fourth-order valence-corrected chi connectivity index (χ4v) is 4.12. The predicted molar refractivity (Wildman–Crippen MR) is 111 cm³/mol. The fraction of sp³-hybridized carbons (Fsp3) is 0.300. The second-order valence-electron chi connectivity index (χ2n) is 6.73. The number of aryl methyl sites for hydroxylation is 1. The summed E-state index contributed by atoms with van der Waals surface area (Å²) in [6, 6.07) is 11.6. The summed E-state index contributed by atoms with van der Waals surface area (Å²) in [5, 5.41) is 0. The minimum absolute atomic E-state index is 0.0510. The predicted octanol–water partition coefficient (Wildman–Crippen LogP) is 1.49. The highest BCUT2D eigenvalue weighted by molar-refractivity contribution is 7.89. The molecular weight excluding hydrogens is 394 g/mol. The van der Waals surface area contributed by atoms with Gasteiger partial charge in [0.2, 0.25) is 10.0 Å². The van der Waals surface area contributed by atoms with E-state index in [-0.39, 0.29) is 11.4 Å². The lowest BCUT2D eigenvalue weighted by Gasteiger charge is -2.17. The third kappa shape index (κ3) is 3.70. The first-order valence-electron chi connectivity index (χ1n) is 9.03. The molecule has 1 aromatic heterocycles. The van der Waals surface area contributed by atoms with Gasteiger partial charge in [-0.3, -0.25) is 14.2 Å². The molecule has 29 heavy (non-hydrogen) atoms. The lowest BCUT2D eigenvalue weighted by atomic mass is 10.2. The molecule has 0 aliphatic carbocycles. The topological polar surface area (TPSA) is 90.6 Å². The van der Waals surface area contributed by atoms with Gasteiger partial charge in [-0.05, 0) is 42.8 Å². The molecule has 0 aliphatic rings. The molecule has 0 saturated carbocycles. The largest absolute Gasteiger partial charge is 0.497 e. The summed E-state index contributed by atoms with van der Waals surface area (Å²) in [6.45, 7) is 2.17. The molecule has 0 spiro atoms. The lowest BCUT2D eigenvalue weighted by Crippen LogP contribution is -2.41. The standard InChI is InChI=1S/C20H23N3O5S/c1-5-22-17-10-9-16(29(26,27)21(2)3)12-18(17)23(20(25)19(22)24)13-14-7-6-8-15(11-14)28-4/h6-12H,5,13H2,1-4H3. The summed E-state index contributed by atoms with van der Waals surface area (Å²) in [5.74, 6) is 0.623. The maximum atomic E-state index is 12.9. The van der Waals surface area contributed by atoms with Crippen LogP contribution in [0.3, 0.4) is 0 Å². The van der Waals surface area contributed by atoms with Gasteiger partial charge in [0.1, 0.15) is 5.75 Å². The first-order chi connectivity index (χ1) is 13.7. The molecular formula is C20H23N3O5S. The number of hydrogen-bond acceptors (Lipinski definition) is 5. The van der Waals surface area contributed by atoms with Crippen LogP contribution in [-0.2, 0) is 23.1 Å². The Hall–Kier alpha value is -2.91. The van der Waals surface area contributed by atoms with Gasteiger partial charge in [0.05, 0.1) is 29.6 Å². The zero-order valence-corrected chi connectivity index (χ0v) is 17.6. The van der Waals surface area contributed by atoms with Crippen LogP contribution < -0.4 is 15.9 Å². The van der Waals surface area contributed by atoms with Crippen molar-refractivity contribution in [1.82, 2.24) is 13.4 Å². The Bertz CT molecular complexity index is 1290. The normalized spacial score (nSPS) is 11.9. The molecule has 0 aliphatic heterocycles. The maximum absolute atomic E-state index is 12.9. The van der Waals surface area contributed by atoms with Crippen molar-refractivity contribution in [3.8, 4) is 5.75 Å². The van der Waals surface area contributed by atoms with Crippen LogP contribution in [0.1, 0.15) is 12.5 Å². The molecule has 3 aromatic rings. The third-order valence-electron chi connectivity index (χ3n) is 4.77. The second kappa shape index (κ2) is 7.84. The van der Waals surface area contributed by atoms with E-state index in [0.29, 0.717) is 23.3 Å². The van der Waals surface area contributed by atoms with E-state index in [1.807, 2.05) is 6.07 Å². The molecule has 0 atom stereocenters. The molecule has 2 aromatic carbocycles. The first kappa shape index (κ1) is 20.8. The van der Waals surface area contributed by atoms with Crippen molar-refractivity contribution in [1.29, 1.82) is 0 Å². The minimum Gasteiger partial charge on any atom is -0.497 e. The zero-order chi connectivity index (χ0) is 21.3. The highest BCUT2D eigenvalue weighted by Crippen LogP contribution is 2.21. The Morgan fingerprint density at radius 1 is 0.966 bits per heavy atom. The summed E-state index contributed by atoms with van der Waals surface area (Å²) in [7, 11) is 0.723. The Morgan fingerprint density at radius 2 is 1.66 bits per heavy atom. The Morgan fingerprint density at radius 3 is 2.28 bits per heavy atom. The number of sulfonamides is 1. The molecule has 0 saturated heterocycles. The van der Waals surface area contributed by atoms with Gasteiger partial charge in [-0.15, -0.1) is 0 Å². The van der Waals surface area contributed by atoms with Gasteiger partial charge in [-0.2, -0.15) is 0 Å². The highest BCUT2D eigenvalue weighted by atomic mass is 32.2. The molecule has 0 amide bonds. The van der Waals surface area contributed by atoms with E-state index in [2.05, 4.69) is 0 Å². The number of ether oxygens (including phenoxy) is 1. The molecule has 154 valence electrons. The van der Waals surface area contributed by atoms with Crippen LogP contribution in [0.5, 0.6) is 5.75 Å².